The second-order valence-corrected chi connectivity index (χ2v) is 6.88. The molecule has 0 radical (unpaired) electrons. The third-order valence-electron chi connectivity index (χ3n) is 4.01. The van der Waals surface area contributed by atoms with Crippen molar-refractivity contribution in [3.63, 3.8) is 0 Å². The van der Waals surface area contributed by atoms with E-state index < -0.39 is 5.97 Å². The standard InChI is InChI=1S/C21H16Cl2N2O3.H2/c22-15-5-1-13(2-6-15)12-24-19-10-7-16(23)11-18(19)20(26)25-17-8-3-14(4-9-17)21(27)28;/h1-11,24H,12H2,(H,25,26)(H,27,28);1H. The fraction of sp³-hybridized carbons (Fsp3) is 0.0476. The van der Waals surface area contributed by atoms with Gasteiger partial charge >= 0.3 is 5.97 Å². The molecule has 3 rings (SSSR count). The van der Waals surface area contributed by atoms with E-state index in [0.29, 0.717) is 33.5 Å². The quantitative estimate of drug-likeness (QED) is 0.474. The molecule has 3 aromatic rings. The molecule has 0 atom stereocenters. The molecule has 28 heavy (non-hydrogen) atoms. The largest absolute Gasteiger partial charge is 0.478 e. The molecular formula is C21H18Cl2N2O3. The summed E-state index contributed by atoms with van der Waals surface area (Å²) in [6.07, 6.45) is 0. The van der Waals surface area contributed by atoms with E-state index in [9.17, 15) is 9.59 Å². The third-order valence-corrected chi connectivity index (χ3v) is 4.50. The lowest BCUT2D eigenvalue weighted by molar-refractivity contribution is 0.0696. The van der Waals surface area contributed by atoms with Gasteiger partial charge in [0.15, 0.2) is 0 Å². The lowest BCUT2D eigenvalue weighted by Gasteiger charge is -2.13. The van der Waals surface area contributed by atoms with Gasteiger partial charge in [0.05, 0.1) is 11.1 Å². The van der Waals surface area contributed by atoms with Crippen molar-refractivity contribution < 1.29 is 16.1 Å². The van der Waals surface area contributed by atoms with Crippen LogP contribution in [0.15, 0.2) is 66.7 Å². The zero-order valence-corrected chi connectivity index (χ0v) is 16.1. The Morgan fingerprint density at radius 1 is 0.893 bits per heavy atom. The first-order valence-corrected chi connectivity index (χ1v) is 9.10. The Hall–Kier alpha value is -3.02. The van der Waals surface area contributed by atoms with E-state index >= 15 is 0 Å². The van der Waals surface area contributed by atoms with Crippen LogP contribution in [-0.2, 0) is 6.54 Å². The van der Waals surface area contributed by atoms with E-state index in [4.69, 9.17) is 28.3 Å². The van der Waals surface area contributed by atoms with Crippen LogP contribution in [0.5, 0.6) is 0 Å². The molecule has 0 aliphatic carbocycles. The van der Waals surface area contributed by atoms with E-state index in [1.165, 1.54) is 24.3 Å². The number of nitrogens with one attached hydrogen (secondary N) is 2. The summed E-state index contributed by atoms with van der Waals surface area (Å²) < 4.78 is 0. The number of carbonyl (C=O) groups is 2. The van der Waals surface area contributed by atoms with Crippen LogP contribution in [0.2, 0.25) is 10.0 Å². The van der Waals surface area contributed by atoms with Gasteiger partial charge in [-0.15, -0.1) is 0 Å². The maximum atomic E-state index is 12.7. The number of hydrogen-bond donors (Lipinski definition) is 3. The predicted octanol–water partition coefficient (Wildman–Crippen LogP) is 5.80. The van der Waals surface area contributed by atoms with Gasteiger partial charge in [-0.1, -0.05) is 35.3 Å². The van der Waals surface area contributed by atoms with E-state index in [1.807, 2.05) is 12.1 Å². The molecule has 0 saturated heterocycles. The fourth-order valence-corrected chi connectivity index (χ4v) is 2.85. The van der Waals surface area contributed by atoms with Crippen molar-refractivity contribution in [2.75, 3.05) is 10.6 Å². The average Bonchev–Trinajstić information content (AvgIpc) is 2.68. The lowest BCUT2D eigenvalue weighted by Crippen LogP contribution is -2.15. The van der Waals surface area contributed by atoms with E-state index in [1.54, 1.807) is 30.3 Å². The second-order valence-electron chi connectivity index (χ2n) is 6.01. The molecule has 3 aromatic carbocycles. The van der Waals surface area contributed by atoms with Gasteiger partial charge in [0.25, 0.3) is 5.91 Å². The summed E-state index contributed by atoms with van der Waals surface area (Å²) in [6, 6.07) is 18.3. The molecule has 0 spiro atoms. The van der Waals surface area contributed by atoms with E-state index in [0.717, 1.165) is 5.56 Å². The lowest BCUT2D eigenvalue weighted by atomic mass is 10.1. The van der Waals surface area contributed by atoms with Crippen molar-refractivity contribution in [3.05, 3.63) is 93.5 Å². The summed E-state index contributed by atoms with van der Waals surface area (Å²) >= 11 is 12.0. The molecule has 0 aliphatic heterocycles. The number of amides is 1. The van der Waals surface area contributed by atoms with Gasteiger partial charge in [0.1, 0.15) is 0 Å². The Labute approximate surface area is 173 Å². The minimum Gasteiger partial charge on any atom is -0.478 e. The molecule has 0 saturated carbocycles. The molecule has 7 heteroatoms. The third kappa shape index (κ3) is 5.03. The maximum absolute atomic E-state index is 12.7. The summed E-state index contributed by atoms with van der Waals surface area (Å²) in [6.45, 7) is 0.506. The number of benzene rings is 3. The van der Waals surface area contributed by atoms with Crippen LogP contribution < -0.4 is 10.6 Å². The first kappa shape index (κ1) is 19.7. The van der Waals surface area contributed by atoms with E-state index in [2.05, 4.69) is 10.6 Å². The Balaban J connectivity index is 0.00000300. The number of carbonyl (C=O) groups excluding carboxylic acids is 1. The highest BCUT2D eigenvalue weighted by molar-refractivity contribution is 6.31. The molecule has 0 fully saturated rings. The summed E-state index contributed by atoms with van der Waals surface area (Å²) in [7, 11) is 0. The summed E-state index contributed by atoms with van der Waals surface area (Å²) in [4.78, 5) is 23.6. The van der Waals surface area contributed by atoms with Gasteiger partial charge in [-0.05, 0) is 60.2 Å². The molecule has 0 aliphatic rings. The SMILES string of the molecule is O=C(O)c1ccc(NC(=O)c2cc(Cl)ccc2NCc2ccc(Cl)cc2)cc1.[HH]. The van der Waals surface area contributed by atoms with Gasteiger partial charge in [-0.3, -0.25) is 4.79 Å². The van der Waals surface area contributed by atoms with Crippen molar-refractivity contribution in [1.29, 1.82) is 0 Å². The maximum Gasteiger partial charge on any atom is 0.335 e. The zero-order chi connectivity index (χ0) is 20.1. The van der Waals surface area contributed by atoms with Gasteiger partial charge in [-0.2, -0.15) is 0 Å². The van der Waals surface area contributed by atoms with Crippen LogP contribution in [-0.4, -0.2) is 17.0 Å². The van der Waals surface area contributed by atoms with Crippen LogP contribution in [0, 0.1) is 0 Å². The smallest absolute Gasteiger partial charge is 0.335 e. The Bertz CT molecular complexity index is 1010. The summed E-state index contributed by atoms with van der Waals surface area (Å²) in [5.41, 5.74) is 2.64. The molecular weight excluding hydrogens is 399 g/mol. The van der Waals surface area contributed by atoms with Crippen molar-refractivity contribution >= 4 is 46.5 Å². The summed E-state index contributed by atoms with van der Waals surface area (Å²) in [5, 5.41) is 16.0. The van der Waals surface area contributed by atoms with Crippen LogP contribution >= 0.6 is 23.2 Å². The normalized spacial score (nSPS) is 10.4. The molecule has 1 amide bonds. The minimum atomic E-state index is -1.03. The topological polar surface area (TPSA) is 78.4 Å². The van der Waals surface area contributed by atoms with Crippen molar-refractivity contribution in [2.45, 2.75) is 6.54 Å². The molecule has 0 heterocycles. The van der Waals surface area contributed by atoms with Crippen LogP contribution in [0.25, 0.3) is 0 Å². The molecule has 5 nitrogen and oxygen atoms in total. The van der Waals surface area contributed by atoms with Gasteiger partial charge < -0.3 is 15.7 Å². The van der Waals surface area contributed by atoms with Gasteiger partial charge in [-0.25, -0.2) is 4.79 Å². The minimum absolute atomic E-state index is 0. The number of carboxylic acid groups (broad SMARTS) is 1. The monoisotopic (exact) mass is 416 g/mol. The van der Waals surface area contributed by atoms with Gasteiger partial charge in [0.2, 0.25) is 0 Å². The molecule has 144 valence electrons. The van der Waals surface area contributed by atoms with Crippen LogP contribution in [0.4, 0.5) is 11.4 Å². The van der Waals surface area contributed by atoms with Gasteiger partial charge in [0, 0.05) is 29.4 Å². The van der Waals surface area contributed by atoms with Crippen molar-refractivity contribution in [3.8, 4) is 0 Å². The fourth-order valence-electron chi connectivity index (χ4n) is 2.55. The molecule has 0 unspecified atom stereocenters. The second kappa shape index (κ2) is 8.78. The first-order chi connectivity index (χ1) is 13.4. The van der Waals surface area contributed by atoms with Crippen molar-refractivity contribution in [1.82, 2.24) is 0 Å². The highest BCUT2D eigenvalue weighted by Crippen LogP contribution is 2.23. The molecule has 3 N–H and O–H groups in total. The molecule has 0 aromatic heterocycles. The number of carboxylic acids is 1. The van der Waals surface area contributed by atoms with Crippen molar-refractivity contribution in [2.24, 2.45) is 0 Å². The van der Waals surface area contributed by atoms with Crippen LogP contribution in [0.1, 0.15) is 27.7 Å². The Kier molecular flexibility index (Phi) is 6.19. The number of halogens is 2. The van der Waals surface area contributed by atoms with Crippen LogP contribution in [0.3, 0.4) is 0 Å². The number of aromatic carboxylic acids is 1. The summed E-state index contributed by atoms with van der Waals surface area (Å²) in [5.74, 6) is -1.38. The number of hydrogen-bond acceptors (Lipinski definition) is 3. The Morgan fingerprint density at radius 3 is 2.18 bits per heavy atom. The molecule has 0 bridgehead atoms. The number of anilines is 2. The Morgan fingerprint density at radius 2 is 1.54 bits per heavy atom. The van der Waals surface area contributed by atoms with E-state index in [-0.39, 0.29) is 12.9 Å². The zero-order valence-electron chi connectivity index (χ0n) is 14.6. The highest BCUT2D eigenvalue weighted by atomic mass is 35.5. The highest BCUT2D eigenvalue weighted by Gasteiger charge is 2.13. The number of rotatable bonds is 6. The predicted molar refractivity (Wildman–Crippen MR) is 114 cm³/mol. The first-order valence-electron chi connectivity index (χ1n) is 8.35. The average molecular weight is 417 g/mol.